The van der Waals surface area contributed by atoms with Crippen molar-refractivity contribution in [3.05, 3.63) is 0 Å². The highest BCUT2D eigenvalue weighted by Crippen LogP contribution is 2.11. The largest absolute Gasteiger partial charge is 0.480 e. The van der Waals surface area contributed by atoms with Crippen LogP contribution in [0.4, 0.5) is 0 Å². The van der Waals surface area contributed by atoms with E-state index in [4.69, 9.17) is 9.84 Å². The summed E-state index contributed by atoms with van der Waals surface area (Å²) in [5.41, 5.74) is 0. The summed E-state index contributed by atoms with van der Waals surface area (Å²) in [6.45, 7) is 0.383. The predicted molar refractivity (Wildman–Crippen MR) is 60.3 cm³/mol. The molecule has 6 nitrogen and oxygen atoms in total. The van der Waals surface area contributed by atoms with Gasteiger partial charge in [-0.3, -0.25) is 14.9 Å². The molecule has 1 aliphatic rings. The SMILES string of the molecule is COCCN(CC(=O)O)C(=O)C1CSCN1. The van der Waals surface area contributed by atoms with Crippen molar-refractivity contribution in [1.29, 1.82) is 0 Å². The molecule has 0 saturated carbocycles. The van der Waals surface area contributed by atoms with Gasteiger partial charge in [-0.2, -0.15) is 0 Å². The fourth-order valence-corrected chi connectivity index (χ4v) is 2.34. The first-order valence-electron chi connectivity index (χ1n) is 4.95. The molecule has 0 aliphatic carbocycles. The fraction of sp³-hybridized carbons (Fsp3) is 0.778. The lowest BCUT2D eigenvalue weighted by Crippen LogP contribution is -2.47. The Balaban J connectivity index is 2.51. The third-order valence-electron chi connectivity index (χ3n) is 2.22. The van der Waals surface area contributed by atoms with Gasteiger partial charge in [0.2, 0.25) is 5.91 Å². The van der Waals surface area contributed by atoms with E-state index in [2.05, 4.69) is 5.32 Å². The number of carboxylic acid groups (broad SMARTS) is 1. The van der Waals surface area contributed by atoms with Gasteiger partial charge in [0.05, 0.1) is 12.6 Å². The van der Waals surface area contributed by atoms with Crippen LogP contribution in [0.2, 0.25) is 0 Å². The molecule has 0 bridgehead atoms. The topological polar surface area (TPSA) is 78.9 Å². The minimum Gasteiger partial charge on any atom is -0.480 e. The van der Waals surface area contributed by atoms with Gasteiger partial charge >= 0.3 is 5.97 Å². The van der Waals surface area contributed by atoms with Crippen LogP contribution in [0.1, 0.15) is 0 Å². The number of carboxylic acids is 1. The Morgan fingerprint density at radius 3 is 2.88 bits per heavy atom. The second-order valence-corrected chi connectivity index (χ2v) is 4.45. The Hall–Kier alpha value is -0.790. The van der Waals surface area contributed by atoms with E-state index in [9.17, 15) is 9.59 Å². The highest BCUT2D eigenvalue weighted by molar-refractivity contribution is 7.99. The molecule has 1 aliphatic heterocycles. The van der Waals surface area contributed by atoms with E-state index in [1.807, 2.05) is 0 Å². The third-order valence-corrected chi connectivity index (χ3v) is 3.16. The summed E-state index contributed by atoms with van der Waals surface area (Å²) >= 11 is 1.63. The lowest BCUT2D eigenvalue weighted by Gasteiger charge is -2.23. The van der Waals surface area contributed by atoms with Gasteiger partial charge in [-0.15, -0.1) is 11.8 Å². The van der Waals surface area contributed by atoms with E-state index in [1.54, 1.807) is 11.8 Å². The number of methoxy groups -OCH3 is 1. The maximum Gasteiger partial charge on any atom is 0.323 e. The summed E-state index contributed by atoms with van der Waals surface area (Å²) in [5.74, 6) is 0.267. The Morgan fingerprint density at radius 1 is 1.62 bits per heavy atom. The molecule has 2 N–H and O–H groups in total. The standard InChI is InChI=1S/C9H16N2O4S/c1-15-3-2-11(4-8(12)13)9(14)7-5-16-6-10-7/h7,10H,2-6H2,1H3,(H,12,13). The van der Waals surface area contributed by atoms with Crippen LogP contribution in [0, 0.1) is 0 Å². The molecule has 7 heteroatoms. The van der Waals surface area contributed by atoms with Gasteiger partial charge in [0, 0.05) is 25.3 Å². The van der Waals surface area contributed by atoms with Crippen LogP contribution in [-0.4, -0.2) is 66.4 Å². The molecule has 0 spiro atoms. The molecule has 1 fully saturated rings. The van der Waals surface area contributed by atoms with E-state index in [0.717, 1.165) is 5.88 Å². The maximum absolute atomic E-state index is 11.9. The van der Waals surface area contributed by atoms with Crippen LogP contribution >= 0.6 is 11.8 Å². The molecule has 0 aromatic heterocycles. The van der Waals surface area contributed by atoms with Crippen molar-refractivity contribution < 1.29 is 19.4 Å². The molecule has 1 amide bonds. The highest BCUT2D eigenvalue weighted by atomic mass is 32.2. The number of ether oxygens (including phenoxy) is 1. The zero-order chi connectivity index (χ0) is 12.0. The molecule has 1 heterocycles. The second-order valence-electron chi connectivity index (χ2n) is 3.42. The lowest BCUT2D eigenvalue weighted by atomic mass is 10.3. The van der Waals surface area contributed by atoms with Crippen LogP contribution in [0.3, 0.4) is 0 Å². The van der Waals surface area contributed by atoms with Crippen molar-refractivity contribution in [1.82, 2.24) is 10.2 Å². The summed E-state index contributed by atoms with van der Waals surface area (Å²) in [4.78, 5) is 23.9. The molecular weight excluding hydrogens is 232 g/mol. The molecule has 1 rings (SSSR count). The zero-order valence-corrected chi connectivity index (χ0v) is 9.96. The number of carbonyl (C=O) groups is 2. The summed E-state index contributed by atoms with van der Waals surface area (Å²) in [7, 11) is 1.52. The van der Waals surface area contributed by atoms with E-state index in [-0.39, 0.29) is 18.5 Å². The van der Waals surface area contributed by atoms with Crippen molar-refractivity contribution in [3.63, 3.8) is 0 Å². The molecule has 1 atom stereocenters. The number of hydrogen-bond acceptors (Lipinski definition) is 5. The number of hydrogen-bond donors (Lipinski definition) is 2. The first kappa shape index (κ1) is 13.3. The van der Waals surface area contributed by atoms with Crippen LogP contribution in [0.15, 0.2) is 0 Å². The quantitative estimate of drug-likeness (QED) is 0.641. The summed E-state index contributed by atoms with van der Waals surface area (Å²) in [5, 5.41) is 11.7. The number of amides is 1. The number of carbonyl (C=O) groups excluding carboxylic acids is 1. The molecule has 0 aromatic carbocycles. The van der Waals surface area contributed by atoms with E-state index in [1.165, 1.54) is 12.0 Å². The van der Waals surface area contributed by atoms with Crippen LogP contribution < -0.4 is 5.32 Å². The lowest BCUT2D eigenvalue weighted by molar-refractivity contribution is -0.145. The van der Waals surface area contributed by atoms with Crippen LogP contribution in [0.5, 0.6) is 0 Å². The Labute approximate surface area is 98.3 Å². The molecule has 1 saturated heterocycles. The highest BCUT2D eigenvalue weighted by Gasteiger charge is 2.28. The van der Waals surface area contributed by atoms with Crippen molar-refractivity contribution in [2.75, 3.05) is 38.4 Å². The van der Waals surface area contributed by atoms with Crippen molar-refractivity contribution >= 4 is 23.6 Å². The fourth-order valence-electron chi connectivity index (χ4n) is 1.41. The van der Waals surface area contributed by atoms with Crippen LogP contribution in [0.25, 0.3) is 0 Å². The Kier molecular flexibility index (Phi) is 5.58. The monoisotopic (exact) mass is 248 g/mol. The minimum atomic E-state index is -1.00. The van der Waals surface area contributed by atoms with Gasteiger partial charge in [-0.25, -0.2) is 0 Å². The van der Waals surface area contributed by atoms with Gasteiger partial charge in [-0.05, 0) is 0 Å². The van der Waals surface area contributed by atoms with Gasteiger partial charge in [-0.1, -0.05) is 0 Å². The third kappa shape index (κ3) is 3.99. The van der Waals surface area contributed by atoms with E-state index >= 15 is 0 Å². The first-order valence-corrected chi connectivity index (χ1v) is 6.11. The van der Waals surface area contributed by atoms with E-state index < -0.39 is 5.97 Å². The normalized spacial score (nSPS) is 19.7. The van der Waals surface area contributed by atoms with Gasteiger partial charge in [0.25, 0.3) is 0 Å². The molecule has 0 aromatic rings. The summed E-state index contributed by atoms with van der Waals surface area (Å²) in [6, 6.07) is -0.263. The van der Waals surface area contributed by atoms with Crippen molar-refractivity contribution in [3.8, 4) is 0 Å². The average Bonchev–Trinajstić information content (AvgIpc) is 2.76. The van der Waals surface area contributed by atoms with Crippen LogP contribution in [-0.2, 0) is 14.3 Å². The zero-order valence-electron chi connectivity index (χ0n) is 9.14. The predicted octanol–water partition coefficient (Wildman–Crippen LogP) is -0.791. The summed E-state index contributed by atoms with van der Waals surface area (Å²) < 4.78 is 4.85. The number of rotatable bonds is 6. The average molecular weight is 248 g/mol. The van der Waals surface area contributed by atoms with Crippen molar-refractivity contribution in [2.24, 2.45) is 0 Å². The smallest absolute Gasteiger partial charge is 0.323 e. The molecule has 16 heavy (non-hydrogen) atoms. The maximum atomic E-state index is 11.9. The number of nitrogens with zero attached hydrogens (tertiary/aromatic N) is 1. The number of aliphatic carboxylic acids is 1. The number of thioether (sulfide) groups is 1. The Bertz CT molecular complexity index is 256. The Morgan fingerprint density at radius 2 is 2.38 bits per heavy atom. The first-order chi connectivity index (χ1) is 7.65. The molecule has 0 radical (unpaired) electrons. The van der Waals surface area contributed by atoms with Gasteiger partial charge in [0.15, 0.2) is 0 Å². The second kappa shape index (κ2) is 6.72. The number of nitrogens with one attached hydrogen (secondary N) is 1. The molecule has 1 unspecified atom stereocenters. The van der Waals surface area contributed by atoms with Crippen molar-refractivity contribution in [2.45, 2.75) is 6.04 Å². The summed E-state index contributed by atoms with van der Waals surface area (Å²) in [6.07, 6.45) is 0. The minimum absolute atomic E-state index is 0.163. The van der Waals surface area contributed by atoms with Gasteiger partial charge in [0.1, 0.15) is 6.54 Å². The van der Waals surface area contributed by atoms with Gasteiger partial charge < -0.3 is 14.7 Å². The molecular formula is C9H16N2O4S. The van der Waals surface area contributed by atoms with E-state index in [0.29, 0.717) is 18.9 Å². The molecule has 92 valence electrons.